The Morgan fingerprint density at radius 2 is 2.25 bits per heavy atom. The van der Waals surface area contributed by atoms with E-state index < -0.39 is 0 Å². The van der Waals surface area contributed by atoms with Gasteiger partial charge >= 0.3 is 0 Å². The summed E-state index contributed by atoms with van der Waals surface area (Å²) >= 11 is 3.34. The van der Waals surface area contributed by atoms with Crippen molar-refractivity contribution in [3.8, 4) is 0 Å². The van der Waals surface area contributed by atoms with Crippen molar-refractivity contribution in [3.63, 3.8) is 0 Å². The lowest BCUT2D eigenvalue weighted by molar-refractivity contribution is 0.0945. The third kappa shape index (κ3) is 3.57. The Labute approximate surface area is 147 Å². The SMILES string of the molecule is CSCc1nc(CNC(=O)c2cc(C(C)C)n3ncnc3n2)cs1. The Hall–Kier alpha value is -2.00. The summed E-state index contributed by atoms with van der Waals surface area (Å²) in [7, 11) is 0. The number of thioether (sulfide) groups is 1. The monoisotopic (exact) mass is 362 g/mol. The van der Waals surface area contributed by atoms with Crippen LogP contribution in [0.1, 0.15) is 46.6 Å². The van der Waals surface area contributed by atoms with Crippen LogP contribution in [0.4, 0.5) is 0 Å². The van der Waals surface area contributed by atoms with Gasteiger partial charge in [-0.3, -0.25) is 4.79 Å². The number of hydrogen-bond donors (Lipinski definition) is 1. The smallest absolute Gasteiger partial charge is 0.270 e. The second-order valence-electron chi connectivity index (χ2n) is 5.54. The number of nitrogens with one attached hydrogen (secondary N) is 1. The molecule has 9 heteroatoms. The van der Waals surface area contributed by atoms with Gasteiger partial charge in [0.25, 0.3) is 11.7 Å². The molecular formula is C15H18N6OS2. The zero-order valence-electron chi connectivity index (χ0n) is 13.7. The summed E-state index contributed by atoms with van der Waals surface area (Å²) in [6.45, 7) is 4.47. The lowest BCUT2D eigenvalue weighted by Crippen LogP contribution is -2.25. The van der Waals surface area contributed by atoms with Crippen molar-refractivity contribution in [2.24, 2.45) is 0 Å². The van der Waals surface area contributed by atoms with Crippen LogP contribution in [-0.4, -0.2) is 36.7 Å². The molecule has 0 aliphatic heterocycles. The number of amides is 1. The van der Waals surface area contributed by atoms with E-state index in [0.717, 1.165) is 22.1 Å². The summed E-state index contributed by atoms with van der Waals surface area (Å²) in [6.07, 6.45) is 3.49. The zero-order valence-corrected chi connectivity index (χ0v) is 15.3. The maximum atomic E-state index is 12.4. The van der Waals surface area contributed by atoms with E-state index in [2.05, 4.69) is 25.4 Å². The number of carbonyl (C=O) groups is 1. The molecule has 0 bridgehead atoms. The Bertz CT molecular complexity index is 857. The zero-order chi connectivity index (χ0) is 17.1. The summed E-state index contributed by atoms with van der Waals surface area (Å²) in [6, 6.07) is 1.77. The average molecular weight is 362 g/mol. The molecular weight excluding hydrogens is 344 g/mol. The maximum absolute atomic E-state index is 12.4. The Balaban J connectivity index is 1.75. The second kappa shape index (κ2) is 7.27. The lowest BCUT2D eigenvalue weighted by Gasteiger charge is -2.09. The molecule has 3 aromatic heterocycles. The minimum atomic E-state index is -0.234. The fourth-order valence-corrected chi connectivity index (χ4v) is 3.76. The van der Waals surface area contributed by atoms with Crippen LogP contribution < -0.4 is 5.32 Å². The Morgan fingerprint density at radius 1 is 1.42 bits per heavy atom. The van der Waals surface area contributed by atoms with Crippen LogP contribution in [-0.2, 0) is 12.3 Å². The first kappa shape index (κ1) is 16.8. The molecule has 3 heterocycles. The molecule has 1 amide bonds. The lowest BCUT2D eigenvalue weighted by atomic mass is 10.1. The summed E-state index contributed by atoms with van der Waals surface area (Å²) in [5, 5.41) is 10.1. The summed E-state index contributed by atoms with van der Waals surface area (Å²) in [5.74, 6) is 1.29. The first-order valence-corrected chi connectivity index (χ1v) is 9.77. The highest BCUT2D eigenvalue weighted by Gasteiger charge is 2.15. The van der Waals surface area contributed by atoms with E-state index in [1.165, 1.54) is 6.33 Å². The van der Waals surface area contributed by atoms with Crippen LogP contribution in [0.5, 0.6) is 0 Å². The van der Waals surface area contributed by atoms with Gasteiger partial charge < -0.3 is 5.32 Å². The number of nitrogens with zero attached hydrogens (tertiary/aromatic N) is 5. The summed E-state index contributed by atoms with van der Waals surface area (Å²) in [5.41, 5.74) is 2.11. The third-order valence-corrected chi connectivity index (χ3v) is 5.04. The number of thiazole rings is 1. The number of hydrogen-bond acceptors (Lipinski definition) is 7. The van der Waals surface area contributed by atoms with Gasteiger partial charge in [0.15, 0.2) is 0 Å². The number of rotatable bonds is 6. The van der Waals surface area contributed by atoms with Gasteiger partial charge in [0.2, 0.25) is 0 Å². The van der Waals surface area contributed by atoms with Gasteiger partial charge in [0, 0.05) is 11.1 Å². The van der Waals surface area contributed by atoms with E-state index in [1.807, 2.05) is 25.5 Å². The van der Waals surface area contributed by atoms with Crippen LogP contribution in [0.25, 0.3) is 5.78 Å². The van der Waals surface area contributed by atoms with E-state index in [4.69, 9.17) is 0 Å². The highest BCUT2D eigenvalue weighted by molar-refractivity contribution is 7.97. The number of carbonyl (C=O) groups excluding carboxylic acids is 1. The van der Waals surface area contributed by atoms with Crippen molar-refractivity contribution >= 4 is 34.8 Å². The van der Waals surface area contributed by atoms with Crippen molar-refractivity contribution in [2.45, 2.75) is 32.1 Å². The van der Waals surface area contributed by atoms with Crippen LogP contribution in [0, 0.1) is 0 Å². The quantitative estimate of drug-likeness (QED) is 0.725. The third-order valence-electron chi connectivity index (χ3n) is 3.40. The van der Waals surface area contributed by atoms with Gasteiger partial charge in [0.05, 0.1) is 17.9 Å². The van der Waals surface area contributed by atoms with Crippen molar-refractivity contribution in [2.75, 3.05) is 6.26 Å². The van der Waals surface area contributed by atoms with E-state index in [9.17, 15) is 4.79 Å². The van der Waals surface area contributed by atoms with Gasteiger partial charge in [-0.15, -0.1) is 11.3 Å². The number of fused-ring (bicyclic) bond motifs is 1. The Kier molecular flexibility index (Phi) is 5.10. The molecule has 1 N–H and O–H groups in total. The molecule has 24 heavy (non-hydrogen) atoms. The molecule has 0 aliphatic carbocycles. The van der Waals surface area contributed by atoms with E-state index in [0.29, 0.717) is 18.0 Å². The van der Waals surface area contributed by atoms with Crippen LogP contribution in [0.3, 0.4) is 0 Å². The van der Waals surface area contributed by atoms with E-state index >= 15 is 0 Å². The van der Waals surface area contributed by atoms with E-state index in [1.54, 1.807) is 33.7 Å². The fraction of sp³-hybridized carbons (Fsp3) is 0.400. The first-order chi connectivity index (χ1) is 11.6. The maximum Gasteiger partial charge on any atom is 0.270 e. The molecule has 0 aromatic carbocycles. The Morgan fingerprint density at radius 3 is 3.00 bits per heavy atom. The van der Waals surface area contributed by atoms with Crippen LogP contribution in [0.15, 0.2) is 17.8 Å². The number of aromatic nitrogens is 5. The summed E-state index contributed by atoms with van der Waals surface area (Å²) < 4.78 is 1.66. The minimum Gasteiger partial charge on any atom is -0.345 e. The molecule has 0 radical (unpaired) electrons. The second-order valence-corrected chi connectivity index (χ2v) is 7.35. The minimum absolute atomic E-state index is 0.205. The predicted molar refractivity (Wildman–Crippen MR) is 95.4 cm³/mol. The van der Waals surface area contributed by atoms with Crippen molar-refractivity contribution < 1.29 is 4.79 Å². The molecule has 0 saturated carbocycles. The molecule has 126 valence electrons. The molecule has 3 rings (SSSR count). The average Bonchev–Trinajstić information content (AvgIpc) is 3.20. The first-order valence-electron chi connectivity index (χ1n) is 7.49. The van der Waals surface area contributed by atoms with E-state index in [-0.39, 0.29) is 11.8 Å². The van der Waals surface area contributed by atoms with Crippen LogP contribution >= 0.6 is 23.1 Å². The standard InChI is InChI=1S/C15H18N6OS2/c1-9(2)12-4-11(20-15-17-8-18-21(12)15)14(22)16-5-10-6-24-13(19-10)7-23-3/h4,6,8-9H,5,7H2,1-3H3,(H,16,22). The highest BCUT2D eigenvalue weighted by atomic mass is 32.2. The van der Waals surface area contributed by atoms with Gasteiger partial charge in [-0.05, 0) is 18.2 Å². The molecule has 0 aliphatic rings. The van der Waals surface area contributed by atoms with Crippen molar-refractivity contribution in [1.29, 1.82) is 0 Å². The molecule has 0 fully saturated rings. The normalized spacial score (nSPS) is 11.3. The van der Waals surface area contributed by atoms with Gasteiger partial charge in [-0.2, -0.15) is 21.8 Å². The molecule has 3 aromatic rings. The molecule has 0 unspecified atom stereocenters. The highest BCUT2D eigenvalue weighted by Crippen LogP contribution is 2.17. The predicted octanol–water partition coefficient (Wildman–Crippen LogP) is 2.50. The molecule has 7 nitrogen and oxygen atoms in total. The largest absolute Gasteiger partial charge is 0.345 e. The molecule has 0 atom stereocenters. The van der Waals surface area contributed by atoms with Crippen molar-refractivity contribution in [1.82, 2.24) is 29.9 Å². The van der Waals surface area contributed by atoms with Crippen LogP contribution in [0.2, 0.25) is 0 Å². The molecule has 0 saturated heterocycles. The molecule has 0 spiro atoms. The van der Waals surface area contributed by atoms with Gasteiger partial charge in [0.1, 0.15) is 17.0 Å². The fourth-order valence-electron chi connectivity index (χ4n) is 2.24. The topological polar surface area (TPSA) is 85.1 Å². The summed E-state index contributed by atoms with van der Waals surface area (Å²) in [4.78, 5) is 25.3. The van der Waals surface area contributed by atoms with Crippen molar-refractivity contribution in [3.05, 3.63) is 39.9 Å². The van der Waals surface area contributed by atoms with Gasteiger partial charge in [-0.1, -0.05) is 13.8 Å². The van der Waals surface area contributed by atoms with Gasteiger partial charge in [-0.25, -0.2) is 14.5 Å².